The van der Waals surface area contributed by atoms with E-state index in [9.17, 15) is 9.90 Å². The maximum absolute atomic E-state index is 13.0. The number of ketones is 1. The molecule has 3 aliphatic heterocycles. The van der Waals surface area contributed by atoms with Gasteiger partial charge in [0, 0.05) is 29.8 Å². The lowest BCUT2D eigenvalue weighted by atomic mass is 9.69. The Labute approximate surface area is 147 Å². The summed E-state index contributed by atoms with van der Waals surface area (Å²) >= 11 is 0. The monoisotopic (exact) mass is 331 g/mol. The van der Waals surface area contributed by atoms with Crippen LogP contribution < -0.4 is 4.90 Å². The van der Waals surface area contributed by atoms with Crippen LogP contribution in [0.25, 0.3) is 0 Å². The third kappa shape index (κ3) is 2.06. The Bertz CT molecular complexity index is 967. The Morgan fingerprint density at radius 3 is 2.80 bits per heavy atom. The first-order valence-electron chi connectivity index (χ1n) is 8.41. The molecule has 6 heteroatoms. The molecule has 0 spiro atoms. The summed E-state index contributed by atoms with van der Waals surface area (Å²) in [4.78, 5) is 19.6. The summed E-state index contributed by atoms with van der Waals surface area (Å²) in [5.41, 5.74) is 4.23. The number of aryl methyl sites for hydroxylation is 1. The molecule has 124 valence electrons. The summed E-state index contributed by atoms with van der Waals surface area (Å²) in [7, 11) is 0.659. The molecule has 0 aliphatic carbocycles. The molecule has 4 rings (SSSR count). The number of hydrogen-bond acceptors (Lipinski definition) is 5. The maximum atomic E-state index is 13.0. The molecule has 0 bridgehead atoms. The first-order chi connectivity index (χ1) is 11.9. The predicted molar refractivity (Wildman–Crippen MR) is 97.8 cm³/mol. The topological polar surface area (TPSA) is 76.7 Å². The Kier molecular flexibility index (Phi) is 3.28. The van der Waals surface area contributed by atoms with Crippen molar-refractivity contribution in [2.75, 3.05) is 11.4 Å². The lowest BCUT2D eigenvalue weighted by molar-refractivity contribution is -0.127. The number of nitriles is 1. The summed E-state index contributed by atoms with van der Waals surface area (Å²) in [5, 5.41) is 20.2. The molecule has 1 atom stereocenters. The van der Waals surface area contributed by atoms with E-state index in [1.165, 1.54) is 0 Å². The Hall–Kier alpha value is -2.65. The quantitative estimate of drug-likeness (QED) is 0.796. The van der Waals surface area contributed by atoms with Gasteiger partial charge in [0.15, 0.2) is 5.60 Å². The molecule has 3 heterocycles. The third-order valence-electron chi connectivity index (χ3n) is 5.54. The molecular weight excluding hydrogens is 313 g/mol. The van der Waals surface area contributed by atoms with Gasteiger partial charge in [-0.2, -0.15) is 5.26 Å². The van der Waals surface area contributed by atoms with E-state index < -0.39 is 5.60 Å². The van der Waals surface area contributed by atoms with Gasteiger partial charge >= 0.3 is 0 Å². The van der Waals surface area contributed by atoms with Gasteiger partial charge in [-0.1, -0.05) is 12.4 Å². The van der Waals surface area contributed by atoms with Gasteiger partial charge in [0.05, 0.1) is 11.6 Å². The van der Waals surface area contributed by atoms with Crippen LogP contribution in [0.4, 0.5) is 5.69 Å². The van der Waals surface area contributed by atoms with Crippen molar-refractivity contribution in [3.8, 4) is 6.07 Å². The van der Waals surface area contributed by atoms with E-state index in [1.807, 2.05) is 37.8 Å². The molecule has 1 aromatic carbocycles. The summed E-state index contributed by atoms with van der Waals surface area (Å²) in [6, 6.07) is 7.68. The molecule has 1 N–H and O–H groups in total. The zero-order chi connectivity index (χ0) is 17.9. The standard InChI is InChI=1S/C19H18BN3O2/c1-10-8-14(5-4-13(10)9-21)23-7-6-19(25)16(24)15-11(2)12(3)20-17(15)22-18(19)23/h4-5,8,20,25H,6-7H2,1-3H3/t19-/m1/s1. The van der Waals surface area contributed by atoms with Gasteiger partial charge < -0.3 is 10.0 Å². The van der Waals surface area contributed by atoms with Crippen LogP contribution in [0.1, 0.15) is 31.4 Å². The van der Waals surface area contributed by atoms with Crippen LogP contribution >= 0.6 is 0 Å². The van der Waals surface area contributed by atoms with Gasteiger partial charge in [-0.15, -0.1) is 0 Å². The van der Waals surface area contributed by atoms with Gasteiger partial charge in [-0.3, -0.25) is 4.79 Å². The SMILES string of the molecule is CC1=C(C)C2=C(B1)N=C1N(c3ccc(C#N)c(C)c3)CC[C@@]1(O)C2=O. The molecular formula is C19H18BN3O2. The van der Waals surface area contributed by atoms with E-state index >= 15 is 0 Å². The highest BCUT2D eigenvalue weighted by Gasteiger charge is 2.54. The summed E-state index contributed by atoms with van der Waals surface area (Å²) < 4.78 is 0. The number of aliphatic imine (C=N–C) groups is 1. The smallest absolute Gasteiger partial charge is 0.212 e. The lowest BCUT2D eigenvalue weighted by Crippen LogP contribution is -2.50. The van der Waals surface area contributed by atoms with E-state index in [0.717, 1.165) is 27.9 Å². The van der Waals surface area contributed by atoms with Crippen LogP contribution in [0, 0.1) is 18.3 Å². The average Bonchev–Trinajstić information content (AvgIpc) is 3.06. The van der Waals surface area contributed by atoms with Gasteiger partial charge in [0.2, 0.25) is 13.1 Å². The predicted octanol–water partition coefficient (Wildman–Crippen LogP) is 1.74. The van der Waals surface area contributed by atoms with Crippen LogP contribution in [0.2, 0.25) is 0 Å². The fourth-order valence-corrected chi connectivity index (χ4v) is 3.91. The second kappa shape index (κ2) is 5.17. The maximum Gasteiger partial charge on any atom is 0.212 e. The Balaban J connectivity index is 1.81. The molecule has 1 saturated heterocycles. The molecule has 0 amide bonds. The number of nitrogens with zero attached hydrogens (tertiary/aromatic N) is 3. The van der Waals surface area contributed by atoms with Crippen molar-refractivity contribution in [1.82, 2.24) is 0 Å². The van der Waals surface area contributed by atoms with E-state index in [4.69, 9.17) is 10.3 Å². The number of carbonyl (C=O) groups excluding carboxylic acids is 1. The van der Waals surface area contributed by atoms with Crippen molar-refractivity contribution in [3.05, 3.63) is 51.5 Å². The molecule has 0 saturated carbocycles. The number of allylic oxidation sites excluding steroid dienone is 2. The number of Topliss-reactive ketones (excluding diaryl/α,β-unsaturated/α-hetero) is 1. The zero-order valence-corrected chi connectivity index (χ0v) is 14.6. The van der Waals surface area contributed by atoms with Gasteiger partial charge in [0.25, 0.3) is 0 Å². The largest absolute Gasteiger partial charge is 0.374 e. The molecule has 0 unspecified atom stereocenters. The van der Waals surface area contributed by atoms with E-state index in [1.54, 1.807) is 6.07 Å². The van der Waals surface area contributed by atoms with E-state index in [-0.39, 0.29) is 5.78 Å². The third-order valence-corrected chi connectivity index (χ3v) is 5.54. The van der Waals surface area contributed by atoms with Crippen molar-refractivity contribution in [1.29, 1.82) is 5.26 Å². The molecule has 0 radical (unpaired) electrons. The highest BCUT2D eigenvalue weighted by molar-refractivity contribution is 6.58. The van der Waals surface area contributed by atoms with Crippen molar-refractivity contribution >= 4 is 24.6 Å². The van der Waals surface area contributed by atoms with Crippen molar-refractivity contribution in [2.45, 2.75) is 32.8 Å². The summed E-state index contributed by atoms with van der Waals surface area (Å²) in [6.07, 6.45) is 0.326. The number of hydrogen-bond donors (Lipinski definition) is 1. The van der Waals surface area contributed by atoms with Gasteiger partial charge in [0.1, 0.15) is 5.84 Å². The minimum Gasteiger partial charge on any atom is -0.374 e. The first-order valence-corrected chi connectivity index (χ1v) is 8.41. The van der Waals surface area contributed by atoms with Crippen molar-refractivity contribution < 1.29 is 9.90 Å². The van der Waals surface area contributed by atoms with Crippen molar-refractivity contribution in [3.63, 3.8) is 0 Å². The second-order valence-corrected chi connectivity index (χ2v) is 7.04. The summed E-state index contributed by atoms with van der Waals surface area (Å²) in [6.45, 7) is 6.33. The number of aliphatic hydroxyl groups is 1. The second-order valence-electron chi connectivity index (χ2n) is 7.04. The highest BCUT2D eigenvalue weighted by Crippen LogP contribution is 2.41. The van der Waals surface area contributed by atoms with E-state index in [0.29, 0.717) is 37.2 Å². The number of carbonyl (C=O) groups is 1. The van der Waals surface area contributed by atoms with Gasteiger partial charge in [-0.05, 0) is 43.2 Å². The molecule has 5 nitrogen and oxygen atoms in total. The first kappa shape index (κ1) is 15.9. The zero-order valence-electron chi connectivity index (χ0n) is 14.6. The van der Waals surface area contributed by atoms with Crippen LogP contribution in [-0.2, 0) is 4.79 Å². The Morgan fingerprint density at radius 1 is 1.36 bits per heavy atom. The number of rotatable bonds is 1. The minimum atomic E-state index is -1.55. The van der Waals surface area contributed by atoms with Crippen LogP contribution in [0.5, 0.6) is 0 Å². The fourth-order valence-electron chi connectivity index (χ4n) is 3.91. The number of fused-ring (bicyclic) bond motifs is 1. The number of anilines is 1. The normalized spacial score (nSPS) is 24.8. The molecule has 3 aliphatic rings. The molecule has 25 heavy (non-hydrogen) atoms. The number of amidine groups is 1. The van der Waals surface area contributed by atoms with E-state index in [2.05, 4.69) is 6.07 Å². The van der Waals surface area contributed by atoms with Crippen LogP contribution in [0.3, 0.4) is 0 Å². The highest BCUT2D eigenvalue weighted by atomic mass is 16.3. The summed E-state index contributed by atoms with van der Waals surface area (Å²) in [5.74, 6) is 0.192. The van der Waals surface area contributed by atoms with Crippen LogP contribution in [0.15, 0.2) is 45.4 Å². The Morgan fingerprint density at radius 2 is 2.12 bits per heavy atom. The van der Waals surface area contributed by atoms with Crippen LogP contribution in [-0.4, -0.2) is 36.2 Å². The fraction of sp³-hybridized carbons (Fsp3) is 0.316. The van der Waals surface area contributed by atoms with Gasteiger partial charge in [-0.25, -0.2) is 4.99 Å². The minimum absolute atomic E-state index is 0.227. The molecule has 1 fully saturated rings. The van der Waals surface area contributed by atoms with Crippen molar-refractivity contribution in [2.24, 2.45) is 4.99 Å². The number of benzene rings is 1. The average molecular weight is 331 g/mol. The molecule has 1 aromatic rings. The molecule has 0 aromatic heterocycles. The lowest BCUT2D eigenvalue weighted by Gasteiger charge is -2.30.